The van der Waals surface area contributed by atoms with Gasteiger partial charge in [0.05, 0.1) is 5.69 Å². The van der Waals surface area contributed by atoms with Gasteiger partial charge < -0.3 is 4.90 Å². The van der Waals surface area contributed by atoms with Crippen LogP contribution in [0.4, 0.5) is 17.1 Å². The minimum absolute atomic E-state index is 0.0649. The van der Waals surface area contributed by atoms with Crippen LogP contribution in [0.2, 0.25) is 0 Å². The van der Waals surface area contributed by atoms with Crippen molar-refractivity contribution in [2.24, 2.45) is 0 Å². The van der Waals surface area contributed by atoms with E-state index in [1.807, 2.05) is 11.3 Å². The van der Waals surface area contributed by atoms with Gasteiger partial charge in [0.15, 0.2) is 0 Å². The van der Waals surface area contributed by atoms with Crippen molar-refractivity contribution in [3.8, 4) is 22.3 Å². The Hall–Kier alpha value is -4.66. The van der Waals surface area contributed by atoms with Crippen LogP contribution in [0.15, 0.2) is 127 Å². The minimum Gasteiger partial charge on any atom is -0.310 e. The highest BCUT2D eigenvalue weighted by atomic mass is 32.1. The quantitative estimate of drug-likeness (QED) is 0.200. The summed E-state index contributed by atoms with van der Waals surface area (Å²) in [7, 11) is 0. The predicted octanol–water partition coefficient (Wildman–Crippen LogP) is 12.1. The van der Waals surface area contributed by atoms with E-state index in [4.69, 9.17) is 0 Å². The number of thiophene rings is 1. The van der Waals surface area contributed by atoms with Crippen LogP contribution in [0.25, 0.3) is 42.4 Å². The predicted molar refractivity (Wildman–Crippen MR) is 189 cm³/mol. The van der Waals surface area contributed by atoms with Crippen molar-refractivity contribution >= 4 is 48.6 Å². The molecule has 44 heavy (non-hydrogen) atoms. The van der Waals surface area contributed by atoms with Crippen LogP contribution < -0.4 is 4.90 Å². The van der Waals surface area contributed by atoms with Crippen LogP contribution in [0.5, 0.6) is 0 Å². The largest absolute Gasteiger partial charge is 0.310 e. The van der Waals surface area contributed by atoms with Gasteiger partial charge in [-0.25, -0.2) is 0 Å². The smallest absolute Gasteiger partial charge is 0.0543 e. The maximum Gasteiger partial charge on any atom is 0.0543 e. The third-order valence-electron chi connectivity index (χ3n) is 10.3. The zero-order chi connectivity index (χ0) is 29.8. The second-order valence-corrected chi connectivity index (χ2v) is 14.5. The Morgan fingerprint density at radius 3 is 1.89 bits per heavy atom. The van der Waals surface area contributed by atoms with E-state index in [0.29, 0.717) is 0 Å². The molecule has 0 fully saturated rings. The molecule has 7 aromatic rings. The Bertz CT molecular complexity index is 2300. The maximum absolute atomic E-state index is 2.51. The molecule has 1 heterocycles. The third-order valence-corrected chi connectivity index (χ3v) is 11.4. The maximum atomic E-state index is 2.51. The Morgan fingerprint density at radius 1 is 0.455 bits per heavy atom. The van der Waals surface area contributed by atoms with Crippen molar-refractivity contribution in [1.29, 1.82) is 0 Å². The molecule has 0 amide bonds. The number of hydrogen-bond donors (Lipinski definition) is 0. The summed E-state index contributed by atoms with van der Waals surface area (Å²) in [6, 6.07) is 47.7. The molecule has 0 saturated carbocycles. The highest BCUT2D eigenvalue weighted by molar-refractivity contribution is 7.25. The molecule has 212 valence electrons. The molecular weight excluding hydrogens is 551 g/mol. The van der Waals surface area contributed by atoms with Crippen molar-refractivity contribution in [2.45, 2.75) is 38.5 Å². The van der Waals surface area contributed by atoms with E-state index in [0.717, 1.165) is 0 Å². The summed E-state index contributed by atoms with van der Waals surface area (Å²) < 4.78 is 2.65. The lowest BCUT2D eigenvalue weighted by atomic mass is 9.82. The molecular formula is C42H33NS. The molecule has 0 spiro atoms. The van der Waals surface area contributed by atoms with E-state index < -0.39 is 0 Å². The standard InChI is InChI=1S/C42H33NS/c1-41(2)34-16-9-6-14-32(34)40-35(41)17-11-18-37(40)43(27-21-23-31-30-13-7-10-19-38(30)44-39(31)25-27)26-20-22-29-28-12-5-8-15-33(28)42(3,4)36(29)24-26/h5-25H,1-4H3. The van der Waals surface area contributed by atoms with Gasteiger partial charge in [-0.3, -0.25) is 0 Å². The fraction of sp³-hybridized carbons (Fsp3) is 0.143. The molecule has 6 aromatic carbocycles. The number of benzene rings is 6. The van der Waals surface area contributed by atoms with Crippen LogP contribution >= 0.6 is 11.3 Å². The van der Waals surface area contributed by atoms with Gasteiger partial charge in [0.25, 0.3) is 0 Å². The summed E-state index contributed by atoms with van der Waals surface area (Å²) in [5.41, 5.74) is 14.4. The molecule has 2 aliphatic carbocycles. The van der Waals surface area contributed by atoms with E-state index >= 15 is 0 Å². The molecule has 0 atom stereocenters. The first-order chi connectivity index (χ1) is 21.3. The van der Waals surface area contributed by atoms with Crippen LogP contribution in [-0.2, 0) is 10.8 Å². The number of anilines is 3. The van der Waals surface area contributed by atoms with Crippen molar-refractivity contribution in [3.63, 3.8) is 0 Å². The summed E-state index contributed by atoms with van der Waals surface area (Å²) in [6.07, 6.45) is 0. The van der Waals surface area contributed by atoms with E-state index in [1.165, 1.54) is 81.7 Å². The second-order valence-electron chi connectivity index (χ2n) is 13.4. The molecule has 0 saturated heterocycles. The number of fused-ring (bicyclic) bond motifs is 9. The van der Waals surface area contributed by atoms with Crippen molar-refractivity contribution in [3.05, 3.63) is 150 Å². The second kappa shape index (κ2) is 8.94. The molecule has 2 aliphatic rings. The van der Waals surface area contributed by atoms with E-state index in [1.54, 1.807) is 0 Å². The lowest BCUT2D eigenvalue weighted by Crippen LogP contribution is -2.17. The van der Waals surface area contributed by atoms with Gasteiger partial charge in [-0.2, -0.15) is 0 Å². The lowest BCUT2D eigenvalue weighted by molar-refractivity contribution is 0.660. The summed E-state index contributed by atoms with van der Waals surface area (Å²) in [5, 5.41) is 2.66. The molecule has 1 nitrogen and oxygen atoms in total. The molecule has 0 bridgehead atoms. The average Bonchev–Trinajstić information content (AvgIpc) is 3.61. The summed E-state index contributed by atoms with van der Waals surface area (Å²) in [6.45, 7) is 9.47. The molecule has 1 aromatic heterocycles. The zero-order valence-corrected chi connectivity index (χ0v) is 26.3. The number of nitrogens with zero attached hydrogens (tertiary/aromatic N) is 1. The first-order valence-corrected chi connectivity index (χ1v) is 16.3. The van der Waals surface area contributed by atoms with Crippen molar-refractivity contribution in [1.82, 2.24) is 0 Å². The summed E-state index contributed by atoms with van der Waals surface area (Å²) >= 11 is 1.88. The van der Waals surface area contributed by atoms with E-state index in [9.17, 15) is 0 Å². The molecule has 0 aliphatic heterocycles. The zero-order valence-electron chi connectivity index (χ0n) is 25.5. The van der Waals surface area contributed by atoms with Gasteiger partial charge in [0.2, 0.25) is 0 Å². The minimum atomic E-state index is -0.0732. The monoisotopic (exact) mass is 583 g/mol. The molecule has 0 N–H and O–H groups in total. The molecule has 9 rings (SSSR count). The van der Waals surface area contributed by atoms with Gasteiger partial charge in [-0.1, -0.05) is 119 Å². The Balaban J connectivity index is 1.32. The van der Waals surface area contributed by atoms with E-state index in [2.05, 4.69) is 160 Å². The fourth-order valence-electron chi connectivity index (χ4n) is 8.03. The summed E-state index contributed by atoms with van der Waals surface area (Å²) in [4.78, 5) is 2.51. The summed E-state index contributed by atoms with van der Waals surface area (Å²) in [5.74, 6) is 0. The Labute approximate surface area is 263 Å². The van der Waals surface area contributed by atoms with Crippen molar-refractivity contribution < 1.29 is 0 Å². The molecule has 0 unspecified atom stereocenters. The lowest BCUT2D eigenvalue weighted by Gasteiger charge is -2.30. The Morgan fingerprint density at radius 2 is 1.05 bits per heavy atom. The van der Waals surface area contributed by atoms with Gasteiger partial charge in [-0.05, 0) is 75.3 Å². The van der Waals surface area contributed by atoms with Crippen molar-refractivity contribution in [2.75, 3.05) is 4.90 Å². The van der Waals surface area contributed by atoms with Crippen LogP contribution in [-0.4, -0.2) is 0 Å². The molecule has 0 radical (unpaired) electrons. The third kappa shape index (κ3) is 3.41. The van der Waals surface area contributed by atoms with Crippen LogP contribution in [0.1, 0.15) is 49.9 Å². The first kappa shape index (κ1) is 25.8. The molecule has 2 heteroatoms. The first-order valence-electron chi connectivity index (χ1n) is 15.5. The topological polar surface area (TPSA) is 3.24 Å². The SMILES string of the molecule is CC1(C)c2ccccc2-c2ccc(N(c3ccc4c(c3)sc3ccccc34)c3cccc4c3-c3ccccc3C4(C)C)cc21. The van der Waals surface area contributed by atoms with Gasteiger partial charge in [0.1, 0.15) is 0 Å². The van der Waals surface area contributed by atoms with Crippen LogP contribution in [0, 0.1) is 0 Å². The van der Waals surface area contributed by atoms with Gasteiger partial charge in [-0.15, -0.1) is 11.3 Å². The van der Waals surface area contributed by atoms with Gasteiger partial charge in [0, 0.05) is 47.9 Å². The highest BCUT2D eigenvalue weighted by Crippen LogP contribution is 2.56. The Kier molecular flexibility index (Phi) is 5.24. The van der Waals surface area contributed by atoms with Crippen LogP contribution in [0.3, 0.4) is 0 Å². The fourth-order valence-corrected chi connectivity index (χ4v) is 9.17. The average molecular weight is 584 g/mol. The number of rotatable bonds is 3. The highest BCUT2D eigenvalue weighted by Gasteiger charge is 2.39. The normalized spacial score (nSPS) is 15.2. The van der Waals surface area contributed by atoms with E-state index in [-0.39, 0.29) is 10.8 Å². The van der Waals surface area contributed by atoms with Gasteiger partial charge >= 0.3 is 0 Å². The number of hydrogen-bond acceptors (Lipinski definition) is 2.